The molecule has 3 heterocycles. The fraction of sp³-hybridized carbons (Fsp3) is 0.370. The Morgan fingerprint density at radius 1 is 1.24 bits per heavy atom. The largest absolute Gasteiger partial charge is 0.488 e. The van der Waals surface area contributed by atoms with Crippen LogP contribution in [0.2, 0.25) is 0 Å². The van der Waals surface area contributed by atoms with Crippen LogP contribution in [0.5, 0.6) is 5.75 Å². The van der Waals surface area contributed by atoms with Crippen LogP contribution in [0.4, 0.5) is 0 Å². The van der Waals surface area contributed by atoms with Gasteiger partial charge in [-0.1, -0.05) is 19.4 Å². The zero-order valence-corrected chi connectivity index (χ0v) is 20.8. The molecule has 2 amide bonds. The van der Waals surface area contributed by atoms with Gasteiger partial charge in [0.15, 0.2) is 0 Å². The highest BCUT2D eigenvalue weighted by Gasteiger charge is 2.29. The van der Waals surface area contributed by atoms with E-state index in [1.54, 1.807) is 23.7 Å². The molecule has 178 valence electrons. The molecule has 2 aromatic heterocycles. The summed E-state index contributed by atoms with van der Waals surface area (Å²) in [6, 6.07) is 9.06. The molecule has 3 aromatic rings. The molecular formula is C27H31N3O3S. The number of aryl methyl sites for hydroxylation is 2. The number of nitrogens with zero attached hydrogens (tertiary/aromatic N) is 2. The Balaban J connectivity index is 1.44. The molecule has 1 aromatic carbocycles. The summed E-state index contributed by atoms with van der Waals surface area (Å²) < 4.78 is 6.02. The third-order valence-corrected chi connectivity index (χ3v) is 7.15. The van der Waals surface area contributed by atoms with E-state index in [0.29, 0.717) is 31.7 Å². The molecule has 4 rings (SSSR count). The van der Waals surface area contributed by atoms with Gasteiger partial charge in [0.05, 0.1) is 0 Å². The van der Waals surface area contributed by atoms with Gasteiger partial charge in [-0.15, -0.1) is 11.3 Å². The van der Waals surface area contributed by atoms with Crippen molar-refractivity contribution in [1.82, 2.24) is 15.2 Å². The molecular weight excluding hydrogens is 446 g/mol. The van der Waals surface area contributed by atoms with E-state index in [2.05, 4.69) is 21.7 Å². The zero-order chi connectivity index (χ0) is 24.1. The molecule has 1 N–H and O–H groups in total. The predicted molar refractivity (Wildman–Crippen MR) is 134 cm³/mol. The first kappa shape index (κ1) is 24.0. The lowest BCUT2D eigenvalue weighted by Crippen LogP contribution is -2.49. The summed E-state index contributed by atoms with van der Waals surface area (Å²) in [6.45, 7) is 7.63. The number of carbonyl (C=O) groups is 2. The van der Waals surface area contributed by atoms with Crippen molar-refractivity contribution in [3.63, 3.8) is 0 Å². The highest BCUT2D eigenvalue weighted by atomic mass is 32.1. The predicted octanol–water partition coefficient (Wildman–Crippen LogP) is 4.82. The van der Waals surface area contributed by atoms with Crippen LogP contribution >= 0.6 is 11.3 Å². The minimum Gasteiger partial charge on any atom is -0.488 e. The van der Waals surface area contributed by atoms with Crippen LogP contribution in [0.3, 0.4) is 0 Å². The van der Waals surface area contributed by atoms with Crippen LogP contribution in [0.1, 0.15) is 57.3 Å². The van der Waals surface area contributed by atoms with Crippen molar-refractivity contribution in [2.24, 2.45) is 0 Å². The summed E-state index contributed by atoms with van der Waals surface area (Å²) in [7, 11) is 0. The van der Waals surface area contributed by atoms with Crippen molar-refractivity contribution in [2.75, 3.05) is 6.54 Å². The monoisotopic (exact) mass is 477 g/mol. The van der Waals surface area contributed by atoms with Gasteiger partial charge in [0, 0.05) is 41.5 Å². The standard InChI is InChI=1S/C27H31N3O3S/c1-4-6-23(27(32)30-11-8-24-21(16-30)9-12-34-24)29-26(31)22-13-18(2)25(19(3)14-22)33-17-20-7-5-10-28-15-20/h5,7,9-10,12-15,23H,4,6,8,11,16-17H2,1-3H3,(H,29,31)/t23-/m0/s1. The van der Waals surface area contributed by atoms with Gasteiger partial charge in [-0.25, -0.2) is 0 Å². The molecule has 0 saturated heterocycles. The summed E-state index contributed by atoms with van der Waals surface area (Å²) >= 11 is 1.75. The minimum atomic E-state index is -0.528. The van der Waals surface area contributed by atoms with E-state index >= 15 is 0 Å². The molecule has 1 aliphatic heterocycles. The van der Waals surface area contributed by atoms with E-state index in [1.165, 1.54) is 10.4 Å². The van der Waals surface area contributed by atoms with Gasteiger partial charge in [-0.05, 0) is 73.0 Å². The SMILES string of the molecule is CCC[C@H](NC(=O)c1cc(C)c(OCc2cccnc2)c(C)c1)C(=O)N1CCc2sccc2C1. The Morgan fingerprint density at radius 2 is 2.03 bits per heavy atom. The Bertz CT molecular complexity index is 1140. The van der Waals surface area contributed by atoms with E-state index in [9.17, 15) is 9.59 Å². The van der Waals surface area contributed by atoms with E-state index in [4.69, 9.17) is 4.74 Å². The van der Waals surface area contributed by atoms with Gasteiger partial charge in [-0.3, -0.25) is 14.6 Å². The maximum absolute atomic E-state index is 13.3. The molecule has 1 aliphatic rings. The van der Waals surface area contributed by atoms with Crippen molar-refractivity contribution in [1.29, 1.82) is 0 Å². The van der Waals surface area contributed by atoms with Crippen molar-refractivity contribution in [2.45, 2.75) is 59.2 Å². The second-order valence-corrected chi connectivity index (χ2v) is 9.78. The van der Waals surface area contributed by atoms with E-state index in [0.717, 1.165) is 35.3 Å². The van der Waals surface area contributed by atoms with Crippen molar-refractivity contribution < 1.29 is 14.3 Å². The number of nitrogens with one attached hydrogen (secondary N) is 1. The maximum Gasteiger partial charge on any atom is 0.251 e. The number of aromatic nitrogens is 1. The molecule has 0 radical (unpaired) electrons. The topological polar surface area (TPSA) is 71.5 Å². The summed E-state index contributed by atoms with van der Waals surface area (Å²) in [4.78, 5) is 33.8. The maximum atomic E-state index is 13.3. The molecule has 7 heteroatoms. The molecule has 0 bridgehead atoms. The van der Waals surface area contributed by atoms with Crippen LogP contribution < -0.4 is 10.1 Å². The minimum absolute atomic E-state index is 0.00285. The van der Waals surface area contributed by atoms with Crippen LogP contribution in [0.25, 0.3) is 0 Å². The molecule has 0 fully saturated rings. The van der Waals surface area contributed by atoms with E-state index in [1.807, 2.05) is 49.9 Å². The molecule has 0 unspecified atom stereocenters. The number of amides is 2. The third kappa shape index (κ3) is 5.47. The molecule has 6 nitrogen and oxygen atoms in total. The van der Waals surface area contributed by atoms with E-state index in [-0.39, 0.29) is 11.8 Å². The molecule has 34 heavy (non-hydrogen) atoms. The smallest absolute Gasteiger partial charge is 0.251 e. The van der Waals surface area contributed by atoms with Crippen LogP contribution in [-0.2, 0) is 24.4 Å². The quantitative estimate of drug-likeness (QED) is 0.505. The first-order valence-corrected chi connectivity index (χ1v) is 12.6. The van der Waals surface area contributed by atoms with Gasteiger partial charge >= 0.3 is 0 Å². The number of carbonyl (C=O) groups excluding carboxylic acids is 2. The summed E-state index contributed by atoms with van der Waals surface area (Å²) in [6.07, 6.45) is 5.81. The number of fused-ring (bicyclic) bond motifs is 1. The molecule has 0 saturated carbocycles. The highest BCUT2D eigenvalue weighted by molar-refractivity contribution is 7.10. The normalized spacial score (nSPS) is 13.8. The number of ether oxygens (including phenoxy) is 1. The van der Waals surface area contributed by atoms with Gasteiger partial charge in [-0.2, -0.15) is 0 Å². The zero-order valence-electron chi connectivity index (χ0n) is 20.0. The summed E-state index contributed by atoms with van der Waals surface area (Å²) in [5.74, 6) is 0.531. The number of rotatable bonds is 8. The van der Waals surface area contributed by atoms with Crippen molar-refractivity contribution >= 4 is 23.2 Å². The number of pyridine rings is 1. The van der Waals surface area contributed by atoms with Gasteiger partial charge in [0.1, 0.15) is 18.4 Å². The van der Waals surface area contributed by atoms with Crippen molar-refractivity contribution in [3.05, 3.63) is 80.8 Å². The highest BCUT2D eigenvalue weighted by Crippen LogP contribution is 2.27. The van der Waals surface area contributed by atoms with Gasteiger partial charge < -0.3 is 15.0 Å². The lowest BCUT2D eigenvalue weighted by Gasteiger charge is -2.31. The number of hydrogen-bond donors (Lipinski definition) is 1. The average molecular weight is 478 g/mol. The molecule has 1 atom stereocenters. The average Bonchev–Trinajstić information content (AvgIpc) is 3.31. The Morgan fingerprint density at radius 3 is 2.74 bits per heavy atom. The number of benzene rings is 1. The second kappa shape index (κ2) is 10.8. The summed E-state index contributed by atoms with van der Waals surface area (Å²) in [5.41, 5.74) is 4.51. The number of thiophene rings is 1. The van der Waals surface area contributed by atoms with Gasteiger partial charge in [0.2, 0.25) is 5.91 Å². The summed E-state index contributed by atoms with van der Waals surface area (Å²) in [5, 5.41) is 5.09. The first-order valence-electron chi connectivity index (χ1n) is 11.7. The fourth-order valence-corrected chi connectivity index (χ4v) is 5.28. The Hall–Kier alpha value is -3.19. The lowest BCUT2D eigenvalue weighted by molar-refractivity contribution is -0.134. The molecule has 0 aliphatic carbocycles. The number of hydrogen-bond acceptors (Lipinski definition) is 5. The van der Waals surface area contributed by atoms with Crippen LogP contribution in [-0.4, -0.2) is 34.3 Å². The lowest BCUT2D eigenvalue weighted by atomic mass is 10.0. The molecule has 0 spiro atoms. The fourth-order valence-electron chi connectivity index (χ4n) is 4.39. The van der Waals surface area contributed by atoms with Crippen LogP contribution in [0.15, 0.2) is 48.1 Å². The second-order valence-electron chi connectivity index (χ2n) is 8.78. The Kier molecular flexibility index (Phi) is 7.63. The third-order valence-electron chi connectivity index (χ3n) is 6.13. The van der Waals surface area contributed by atoms with E-state index < -0.39 is 6.04 Å². The first-order chi connectivity index (χ1) is 16.5. The van der Waals surface area contributed by atoms with Crippen molar-refractivity contribution in [3.8, 4) is 5.75 Å². The van der Waals surface area contributed by atoms with Gasteiger partial charge in [0.25, 0.3) is 5.91 Å². The van der Waals surface area contributed by atoms with Crippen LogP contribution in [0, 0.1) is 13.8 Å². The Labute approximate surface area is 205 Å².